The maximum Gasteiger partial charge on any atom is 0.266 e. The number of aromatic nitrogens is 2. The molecule has 2 saturated heterocycles. The Labute approximate surface area is 225 Å². The number of para-hydroxylation sites is 1. The normalized spacial score (nSPS) is 20.5. The Morgan fingerprint density at radius 2 is 1.92 bits per heavy atom. The molecular weight excluding hydrogens is 531 g/mol. The summed E-state index contributed by atoms with van der Waals surface area (Å²) in [5.74, 6) is 0.884. The summed E-state index contributed by atoms with van der Waals surface area (Å²) in [5, 5.41) is 4.86. The summed E-state index contributed by atoms with van der Waals surface area (Å²) >= 11 is 8.53. The van der Waals surface area contributed by atoms with Gasteiger partial charge in [0, 0.05) is 22.2 Å². The van der Waals surface area contributed by atoms with Gasteiger partial charge >= 0.3 is 0 Å². The van der Waals surface area contributed by atoms with E-state index >= 15 is 0 Å². The van der Waals surface area contributed by atoms with Gasteiger partial charge in [-0.25, -0.2) is 13.1 Å². The summed E-state index contributed by atoms with van der Waals surface area (Å²) in [7, 11) is -3.13. The molecule has 0 unspecified atom stereocenters. The highest BCUT2D eigenvalue weighted by Gasteiger charge is 2.42. The van der Waals surface area contributed by atoms with Crippen molar-refractivity contribution in [1.29, 1.82) is 0 Å². The number of carbonyl (C=O) groups excluding carboxylic acids is 1. The zero-order valence-corrected chi connectivity index (χ0v) is 22.9. The molecule has 36 heavy (non-hydrogen) atoms. The third-order valence-electron chi connectivity index (χ3n) is 6.05. The van der Waals surface area contributed by atoms with E-state index in [1.165, 1.54) is 21.6 Å². The molecule has 0 radical (unpaired) electrons. The molecule has 2 aromatic carbocycles. The maximum atomic E-state index is 13.3. The summed E-state index contributed by atoms with van der Waals surface area (Å²) in [6, 6.07) is 17.7. The number of benzene rings is 2. The number of nitrogens with zero attached hydrogens (tertiary/aromatic N) is 3. The van der Waals surface area contributed by atoms with Gasteiger partial charge in [0.05, 0.1) is 33.8 Å². The van der Waals surface area contributed by atoms with E-state index in [1.807, 2.05) is 59.0 Å². The summed E-state index contributed by atoms with van der Waals surface area (Å²) < 4.78 is 26.2. The summed E-state index contributed by atoms with van der Waals surface area (Å²) in [4.78, 5) is 16.5. The first-order valence-corrected chi connectivity index (χ1v) is 15.7. The Morgan fingerprint density at radius 3 is 2.58 bits per heavy atom. The number of thioether (sulfide) groups is 2. The zero-order valence-electron chi connectivity index (χ0n) is 19.7. The SMILES string of the molecule is CCCSc1ccc(-c2nn(-c3ccccc3)cc2/C=C2\SC(=S)N([C@@H]3CCS(=O)(=O)C3)C2=O)cc1. The fourth-order valence-corrected chi connectivity index (χ4v) is 8.13. The van der Waals surface area contributed by atoms with Crippen LogP contribution in [0.15, 0.2) is 70.6 Å². The minimum absolute atomic E-state index is 0.0354. The monoisotopic (exact) mass is 555 g/mol. The van der Waals surface area contributed by atoms with Crippen LogP contribution in [0, 0.1) is 0 Å². The smallest absolute Gasteiger partial charge is 0.266 e. The van der Waals surface area contributed by atoms with Crippen LogP contribution in [0.4, 0.5) is 0 Å². The Morgan fingerprint density at radius 1 is 1.17 bits per heavy atom. The molecule has 0 aliphatic carbocycles. The predicted octanol–water partition coefficient (Wildman–Crippen LogP) is 5.43. The van der Waals surface area contributed by atoms with E-state index in [1.54, 1.807) is 0 Å². The van der Waals surface area contributed by atoms with E-state index < -0.39 is 15.9 Å². The second-order valence-electron chi connectivity index (χ2n) is 8.69. The Kier molecular flexibility index (Phi) is 7.39. The third-order valence-corrected chi connectivity index (χ3v) is 10.3. The van der Waals surface area contributed by atoms with Gasteiger partial charge < -0.3 is 0 Å². The predicted molar refractivity (Wildman–Crippen MR) is 152 cm³/mol. The lowest BCUT2D eigenvalue weighted by atomic mass is 10.1. The Balaban J connectivity index is 1.50. The average Bonchev–Trinajstić information content (AvgIpc) is 3.53. The lowest BCUT2D eigenvalue weighted by molar-refractivity contribution is -0.123. The average molecular weight is 556 g/mol. The summed E-state index contributed by atoms with van der Waals surface area (Å²) in [5.41, 5.74) is 3.43. The molecule has 0 N–H and O–H groups in total. The van der Waals surface area contributed by atoms with Crippen LogP contribution in [0.25, 0.3) is 23.0 Å². The molecule has 3 heterocycles. The van der Waals surface area contributed by atoms with Crippen molar-refractivity contribution in [3.05, 3.63) is 71.3 Å². The van der Waals surface area contributed by atoms with Crippen molar-refractivity contribution in [2.45, 2.75) is 30.7 Å². The van der Waals surface area contributed by atoms with Gasteiger partial charge in [-0.15, -0.1) is 11.8 Å². The van der Waals surface area contributed by atoms with Crippen molar-refractivity contribution in [2.75, 3.05) is 17.3 Å². The van der Waals surface area contributed by atoms with Gasteiger partial charge in [0.15, 0.2) is 9.84 Å². The molecular formula is C26H25N3O3S4. The minimum atomic E-state index is -3.13. The highest BCUT2D eigenvalue weighted by molar-refractivity contribution is 8.26. The van der Waals surface area contributed by atoms with Gasteiger partial charge in [-0.1, -0.05) is 61.2 Å². The molecule has 6 nitrogen and oxygen atoms in total. The fraction of sp³-hybridized carbons (Fsp3) is 0.269. The molecule has 10 heteroatoms. The number of rotatable bonds is 7. The van der Waals surface area contributed by atoms with Crippen LogP contribution in [0.2, 0.25) is 0 Å². The molecule has 2 fully saturated rings. The van der Waals surface area contributed by atoms with Gasteiger partial charge in [0.1, 0.15) is 4.32 Å². The molecule has 2 aliphatic rings. The van der Waals surface area contributed by atoms with E-state index in [9.17, 15) is 13.2 Å². The first-order chi connectivity index (χ1) is 17.3. The molecule has 0 bridgehead atoms. The number of amides is 1. The minimum Gasteiger partial charge on any atom is -0.289 e. The van der Waals surface area contributed by atoms with Crippen LogP contribution in [0.1, 0.15) is 25.3 Å². The number of hydrogen-bond acceptors (Lipinski definition) is 7. The van der Waals surface area contributed by atoms with Crippen molar-refractivity contribution < 1.29 is 13.2 Å². The molecule has 5 rings (SSSR count). The largest absolute Gasteiger partial charge is 0.289 e. The van der Waals surface area contributed by atoms with Crippen molar-refractivity contribution in [2.24, 2.45) is 0 Å². The first kappa shape index (κ1) is 25.3. The standard InChI is InChI=1S/C26H25N3O3S4/c1-2-13-34-22-10-8-18(9-11-22)24-19(16-28(27-24)20-6-4-3-5-7-20)15-23-25(30)29(26(33)35-23)21-12-14-36(31,32)17-21/h3-11,15-16,21H,2,12-14,17H2,1H3/b23-15-/t21-/m1/s1. The highest BCUT2D eigenvalue weighted by atomic mass is 32.2. The molecule has 1 aromatic heterocycles. The lowest BCUT2D eigenvalue weighted by Crippen LogP contribution is -2.39. The Hall–Kier alpha value is -2.40. The van der Waals surface area contributed by atoms with E-state index in [2.05, 4.69) is 31.2 Å². The molecule has 2 aliphatic heterocycles. The number of hydrogen-bond donors (Lipinski definition) is 0. The molecule has 3 aromatic rings. The van der Waals surface area contributed by atoms with Crippen LogP contribution in [0.5, 0.6) is 0 Å². The molecule has 1 atom stereocenters. The summed E-state index contributed by atoms with van der Waals surface area (Å²) in [6.07, 6.45) is 5.27. The first-order valence-electron chi connectivity index (χ1n) is 11.7. The number of sulfone groups is 1. The van der Waals surface area contributed by atoms with E-state index in [4.69, 9.17) is 17.3 Å². The number of carbonyl (C=O) groups is 1. The van der Waals surface area contributed by atoms with Crippen LogP contribution in [-0.2, 0) is 14.6 Å². The van der Waals surface area contributed by atoms with Gasteiger partial charge in [-0.05, 0) is 48.9 Å². The van der Waals surface area contributed by atoms with Crippen LogP contribution >= 0.6 is 35.7 Å². The molecule has 0 spiro atoms. The fourth-order valence-electron chi connectivity index (χ4n) is 4.27. The van der Waals surface area contributed by atoms with Crippen molar-refractivity contribution in [3.8, 4) is 16.9 Å². The Bertz CT molecular complexity index is 1430. The molecule has 0 saturated carbocycles. The highest BCUT2D eigenvalue weighted by Crippen LogP contribution is 2.38. The van der Waals surface area contributed by atoms with E-state index in [0.29, 0.717) is 15.6 Å². The third kappa shape index (κ3) is 5.32. The number of thiocarbonyl (C=S) groups is 1. The van der Waals surface area contributed by atoms with Gasteiger partial charge in [-0.3, -0.25) is 9.69 Å². The van der Waals surface area contributed by atoms with Crippen molar-refractivity contribution in [3.63, 3.8) is 0 Å². The summed E-state index contributed by atoms with van der Waals surface area (Å²) in [6.45, 7) is 2.16. The lowest BCUT2D eigenvalue weighted by Gasteiger charge is -2.20. The quantitative estimate of drug-likeness (QED) is 0.219. The molecule has 1 amide bonds. The van der Waals surface area contributed by atoms with E-state index in [-0.39, 0.29) is 17.4 Å². The maximum absolute atomic E-state index is 13.3. The van der Waals surface area contributed by atoms with E-state index in [0.717, 1.165) is 34.7 Å². The van der Waals surface area contributed by atoms with Crippen molar-refractivity contribution in [1.82, 2.24) is 14.7 Å². The molecule has 186 valence electrons. The topological polar surface area (TPSA) is 72.3 Å². The van der Waals surface area contributed by atoms with Gasteiger partial charge in [-0.2, -0.15) is 5.10 Å². The van der Waals surface area contributed by atoms with Crippen LogP contribution < -0.4 is 0 Å². The van der Waals surface area contributed by atoms with Crippen LogP contribution in [0.3, 0.4) is 0 Å². The second-order valence-corrected chi connectivity index (χ2v) is 13.8. The zero-order chi connectivity index (χ0) is 25.3. The van der Waals surface area contributed by atoms with Gasteiger partial charge in [0.2, 0.25) is 0 Å². The van der Waals surface area contributed by atoms with Crippen molar-refractivity contribution >= 4 is 61.9 Å². The van der Waals surface area contributed by atoms with Crippen LogP contribution in [-0.4, -0.2) is 56.6 Å². The van der Waals surface area contributed by atoms with Gasteiger partial charge in [0.25, 0.3) is 5.91 Å². The second kappa shape index (κ2) is 10.5.